The average Bonchev–Trinajstić information content (AvgIpc) is 3.39. The van der Waals surface area contributed by atoms with Crippen LogP contribution in [-0.2, 0) is 19.0 Å². The highest BCUT2D eigenvalue weighted by Gasteiger charge is 2.70. The van der Waals surface area contributed by atoms with Crippen LogP contribution in [0.15, 0.2) is 11.6 Å². The number of carbonyl (C=O) groups is 1. The molecule has 9 nitrogen and oxygen atoms in total. The molecule has 13 atom stereocenters. The first-order chi connectivity index (χ1) is 17.5. The van der Waals surface area contributed by atoms with Crippen LogP contribution in [0.25, 0.3) is 0 Å². The quantitative estimate of drug-likeness (QED) is 0.271. The van der Waals surface area contributed by atoms with Gasteiger partial charge in [0.1, 0.15) is 24.9 Å². The summed E-state index contributed by atoms with van der Waals surface area (Å²) >= 11 is 0. The molecule has 0 aromatic carbocycles. The maximum Gasteiger partial charge on any atom is 0.331 e. The molecule has 4 aliphatic carbocycles. The van der Waals surface area contributed by atoms with Crippen LogP contribution >= 0.6 is 0 Å². The van der Waals surface area contributed by atoms with Crippen molar-refractivity contribution in [1.82, 2.24) is 0 Å². The summed E-state index contributed by atoms with van der Waals surface area (Å²) in [6, 6.07) is 0. The molecule has 0 amide bonds. The van der Waals surface area contributed by atoms with E-state index in [-0.39, 0.29) is 48.5 Å². The molecule has 2 heterocycles. The first-order valence-corrected chi connectivity index (χ1v) is 14.1. The van der Waals surface area contributed by atoms with Gasteiger partial charge in [0.2, 0.25) is 0 Å². The summed E-state index contributed by atoms with van der Waals surface area (Å²) in [5, 5.41) is 54.1. The predicted molar refractivity (Wildman–Crippen MR) is 130 cm³/mol. The van der Waals surface area contributed by atoms with Gasteiger partial charge >= 0.3 is 5.97 Å². The van der Waals surface area contributed by atoms with Gasteiger partial charge in [-0.15, -0.1) is 0 Å². The summed E-state index contributed by atoms with van der Waals surface area (Å²) in [4.78, 5) is 11.8. The van der Waals surface area contributed by atoms with Gasteiger partial charge in [0.05, 0.1) is 24.4 Å². The summed E-state index contributed by atoms with van der Waals surface area (Å²) < 4.78 is 16.8. The van der Waals surface area contributed by atoms with Crippen LogP contribution in [0.5, 0.6) is 0 Å². The van der Waals surface area contributed by atoms with Crippen LogP contribution in [0.3, 0.4) is 0 Å². The van der Waals surface area contributed by atoms with E-state index in [1.54, 1.807) is 6.08 Å². The molecule has 6 rings (SSSR count). The Hall–Kier alpha value is -1.07. The van der Waals surface area contributed by atoms with Crippen molar-refractivity contribution in [1.29, 1.82) is 0 Å². The van der Waals surface area contributed by atoms with Gasteiger partial charge in [-0.3, -0.25) is 0 Å². The normalized spacial score (nSPS) is 55.6. The van der Waals surface area contributed by atoms with E-state index in [1.165, 1.54) is 0 Å². The molecule has 5 fully saturated rings. The second-order valence-corrected chi connectivity index (χ2v) is 13.2. The van der Waals surface area contributed by atoms with Gasteiger partial charge in [-0.05, 0) is 86.0 Å². The van der Waals surface area contributed by atoms with Gasteiger partial charge in [-0.25, -0.2) is 4.79 Å². The third-order valence-electron chi connectivity index (χ3n) is 11.7. The number of hydrogen-bond donors (Lipinski definition) is 5. The monoisotopic (exact) mass is 522 g/mol. The van der Waals surface area contributed by atoms with Crippen LogP contribution in [0, 0.1) is 34.5 Å². The highest BCUT2D eigenvalue weighted by molar-refractivity contribution is 5.85. The molecular weight excluding hydrogens is 480 g/mol. The lowest BCUT2D eigenvalue weighted by Gasteiger charge is -2.65. The topological polar surface area (TPSA) is 146 Å². The van der Waals surface area contributed by atoms with Crippen molar-refractivity contribution in [2.45, 2.75) is 108 Å². The minimum atomic E-state index is -1.30. The van der Waals surface area contributed by atoms with E-state index in [1.807, 2.05) is 0 Å². The number of aliphatic hydroxyl groups excluding tert-OH is 4. The molecule has 9 heteroatoms. The Morgan fingerprint density at radius 1 is 1.00 bits per heavy atom. The lowest BCUT2D eigenvalue weighted by molar-refractivity contribution is -0.293. The zero-order valence-electron chi connectivity index (χ0n) is 21.8. The van der Waals surface area contributed by atoms with Crippen LogP contribution in [-0.4, -0.2) is 87.1 Å². The summed E-state index contributed by atoms with van der Waals surface area (Å²) in [6.07, 6.45) is 2.27. The van der Waals surface area contributed by atoms with E-state index < -0.39 is 41.7 Å². The highest BCUT2D eigenvalue weighted by Crippen LogP contribution is 2.70. The molecule has 5 N–H and O–H groups in total. The Balaban J connectivity index is 1.19. The van der Waals surface area contributed by atoms with Crippen LogP contribution in [0.2, 0.25) is 0 Å². The molecule has 0 spiro atoms. The molecule has 37 heavy (non-hydrogen) atoms. The Morgan fingerprint density at radius 2 is 1.78 bits per heavy atom. The number of fused-ring (bicyclic) bond motifs is 5. The Kier molecular flexibility index (Phi) is 6.35. The first-order valence-electron chi connectivity index (χ1n) is 14.1. The minimum absolute atomic E-state index is 0.0104. The van der Waals surface area contributed by atoms with Crippen molar-refractivity contribution in [3.63, 3.8) is 0 Å². The second-order valence-electron chi connectivity index (χ2n) is 13.2. The lowest BCUT2D eigenvalue weighted by Crippen LogP contribution is -2.66. The van der Waals surface area contributed by atoms with E-state index >= 15 is 0 Å². The number of esters is 1. The molecule has 1 saturated heterocycles. The van der Waals surface area contributed by atoms with E-state index in [9.17, 15) is 30.3 Å². The van der Waals surface area contributed by atoms with Crippen molar-refractivity contribution in [2.75, 3.05) is 13.2 Å². The van der Waals surface area contributed by atoms with Crippen molar-refractivity contribution in [2.24, 2.45) is 34.5 Å². The third kappa shape index (κ3) is 3.79. The summed E-state index contributed by atoms with van der Waals surface area (Å²) in [6.45, 7) is 4.58. The smallest absolute Gasteiger partial charge is 0.331 e. The van der Waals surface area contributed by atoms with Crippen LogP contribution in [0.4, 0.5) is 0 Å². The Bertz CT molecular complexity index is 954. The van der Waals surface area contributed by atoms with Crippen molar-refractivity contribution in [3.8, 4) is 0 Å². The van der Waals surface area contributed by atoms with E-state index in [0.717, 1.165) is 44.1 Å². The molecule has 0 aromatic heterocycles. The van der Waals surface area contributed by atoms with Gasteiger partial charge in [-0.2, -0.15) is 0 Å². The van der Waals surface area contributed by atoms with Gasteiger partial charge in [-0.1, -0.05) is 13.8 Å². The maximum absolute atomic E-state index is 12.4. The Morgan fingerprint density at radius 3 is 2.51 bits per heavy atom. The Labute approximate surface area is 217 Å². The standard InChI is InChI=1S/C28H42O9/c1-26-7-5-16(37-25-24(33)23(32)20(30)13-36-25)10-15(26)3-4-18-22(26)19(29)11-27(2)17(6-8-28(18,27)34)14-9-21(31)35-12-14/h9,15-20,22-25,29-30,32-34H,3-8,10-13H2,1-2H3. The van der Waals surface area contributed by atoms with Gasteiger partial charge in [0.25, 0.3) is 0 Å². The molecule has 0 radical (unpaired) electrons. The first kappa shape index (κ1) is 26.2. The van der Waals surface area contributed by atoms with Crippen LogP contribution in [0.1, 0.15) is 65.2 Å². The predicted octanol–water partition coefficient (Wildman–Crippen LogP) is 1.04. The fourth-order valence-electron chi connectivity index (χ4n) is 9.69. The number of ether oxygens (including phenoxy) is 3. The average molecular weight is 523 g/mol. The molecule has 0 bridgehead atoms. The lowest BCUT2D eigenvalue weighted by atomic mass is 9.42. The van der Waals surface area contributed by atoms with E-state index in [4.69, 9.17) is 14.2 Å². The number of aliphatic hydroxyl groups is 5. The number of cyclic esters (lactones) is 1. The fourth-order valence-corrected chi connectivity index (χ4v) is 9.69. The van der Waals surface area contributed by atoms with Crippen molar-refractivity contribution < 1.29 is 44.5 Å². The molecule has 2 aliphatic heterocycles. The zero-order valence-corrected chi connectivity index (χ0v) is 21.8. The fraction of sp³-hybridized carbons (Fsp3) is 0.893. The molecular formula is C28H42O9. The maximum atomic E-state index is 12.4. The van der Waals surface area contributed by atoms with E-state index in [2.05, 4.69) is 13.8 Å². The zero-order chi connectivity index (χ0) is 26.3. The largest absolute Gasteiger partial charge is 0.458 e. The summed E-state index contributed by atoms with van der Waals surface area (Å²) in [5.74, 6) is -0.0130. The molecule has 6 aliphatic rings. The SMILES string of the molecule is CC12CCC(OC3OCC(O)C(O)C3O)CC1CCC1C2C(O)CC2(C)C(C3=CC(=O)OC3)CCC12O. The second kappa shape index (κ2) is 8.98. The molecule has 4 saturated carbocycles. The number of hydrogen-bond acceptors (Lipinski definition) is 9. The van der Waals surface area contributed by atoms with Gasteiger partial charge in [0.15, 0.2) is 6.29 Å². The number of rotatable bonds is 3. The minimum Gasteiger partial charge on any atom is -0.458 e. The van der Waals surface area contributed by atoms with Crippen LogP contribution < -0.4 is 0 Å². The van der Waals surface area contributed by atoms with E-state index in [0.29, 0.717) is 18.8 Å². The molecule has 13 unspecified atom stereocenters. The molecule has 208 valence electrons. The van der Waals surface area contributed by atoms with Crippen molar-refractivity contribution >= 4 is 5.97 Å². The van der Waals surface area contributed by atoms with Crippen molar-refractivity contribution in [3.05, 3.63) is 11.6 Å². The van der Waals surface area contributed by atoms with Gasteiger partial charge < -0.3 is 39.7 Å². The van der Waals surface area contributed by atoms with Gasteiger partial charge in [0, 0.05) is 11.5 Å². The molecule has 0 aromatic rings. The third-order valence-corrected chi connectivity index (χ3v) is 11.7. The summed E-state index contributed by atoms with van der Waals surface area (Å²) in [7, 11) is 0. The summed E-state index contributed by atoms with van der Waals surface area (Å²) in [5.41, 5.74) is -0.593. The highest BCUT2D eigenvalue weighted by atomic mass is 16.7. The number of carbonyl (C=O) groups excluding carboxylic acids is 1.